The highest BCUT2D eigenvalue weighted by Crippen LogP contribution is 1.79. The van der Waals surface area contributed by atoms with Gasteiger partial charge in [0.05, 0.1) is 0 Å². The van der Waals surface area contributed by atoms with E-state index < -0.39 is 9.64 Å². The normalized spacial score (nSPS) is 8.20. The van der Waals surface area contributed by atoms with Gasteiger partial charge in [-0.3, -0.25) is 0 Å². The van der Waals surface area contributed by atoms with Gasteiger partial charge in [-0.05, 0) is 0 Å². The third-order valence-corrected chi connectivity index (χ3v) is 0.667. The van der Waals surface area contributed by atoms with E-state index in [4.69, 9.17) is 8.76 Å². The van der Waals surface area contributed by atoms with E-state index in [0.717, 1.165) is 0 Å². The van der Waals surface area contributed by atoms with Crippen molar-refractivity contribution in [2.75, 3.05) is 0 Å². The first-order chi connectivity index (χ1) is 4.73. The molecular formula is C6H7O2S2-. The van der Waals surface area contributed by atoms with Gasteiger partial charge in [0.2, 0.25) is 0 Å². The van der Waals surface area contributed by atoms with Crippen LogP contribution in [0.15, 0.2) is 36.4 Å². The van der Waals surface area contributed by atoms with Crippen LogP contribution >= 0.6 is 0 Å². The topological polar surface area (TPSA) is 37.3 Å². The van der Waals surface area contributed by atoms with Gasteiger partial charge in [-0.2, -0.15) is 0 Å². The highest BCUT2D eigenvalue weighted by Gasteiger charge is 1.57. The average Bonchev–Trinajstić information content (AvgIpc) is 1.90. The average molecular weight is 175 g/mol. The number of benzene rings is 1. The van der Waals surface area contributed by atoms with Crippen molar-refractivity contribution >= 4 is 20.8 Å². The molecular weight excluding hydrogens is 168 g/mol. The number of hydrogen-bond acceptors (Lipinski definition) is 3. The fraction of sp³-hybridized carbons (Fsp3) is 0. The second-order valence-corrected chi connectivity index (χ2v) is 2.66. The first-order valence-corrected chi connectivity index (χ1v) is 4.55. The van der Waals surface area contributed by atoms with Gasteiger partial charge >= 0.3 is 0 Å². The Hall–Kier alpha value is -0.450. The lowest BCUT2D eigenvalue weighted by atomic mass is 10.4. The first-order valence-electron chi connectivity index (χ1n) is 2.52. The first kappa shape index (κ1) is 9.55. The molecule has 1 aromatic rings. The van der Waals surface area contributed by atoms with Crippen molar-refractivity contribution in [2.45, 2.75) is 0 Å². The van der Waals surface area contributed by atoms with Crippen LogP contribution in [0.4, 0.5) is 0 Å². The molecule has 10 heavy (non-hydrogen) atoms. The molecule has 1 rings (SSSR count). The van der Waals surface area contributed by atoms with Crippen LogP contribution in [-0.2, 0) is 25.0 Å². The molecule has 2 nitrogen and oxygen atoms in total. The standard InChI is InChI=1S/C6H6.HO2S2/c1-2-4-6-5-3-1;1-4(2)3/h1-6H;(H,1,2,3)/q;-1. The Morgan fingerprint density at radius 3 is 1.20 bits per heavy atom. The van der Waals surface area contributed by atoms with Crippen LogP contribution in [0.2, 0.25) is 0 Å². The SMILES string of the molecule is O=[S-](O)=S.c1ccccc1. The smallest absolute Gasteiger partial charge is 0.0623 e. The zero-order valence-corrected chi connectivity index (χ0v) is 6.77. The molecule has 4 heteroatoms. The maximum absolute atomic E-state index is 8.93. The van der Waals surface area contributed by atoms with Crippen LogP contribution in [0.5, 0.6) is 0 Å². The summed E-state index contributed by atoms with van der Waals surface area (Å²) in [6, 6.07) is 12.0. The molecule has 0 aliphatic heterocycles. The van der Waals surface area contributed by atoms with Crippen LogP contribution in [0, 0.1) is 0 Å². The van der Waals surface area contributed by atoms with E-state index in [9.17, 15) is 0 Å². The van der Waals surface area contributed by atoms with Gasteiger partial charge in [0.1, 0.15) is 0 Å². The Kier molecular flexibility index (Phi) is 6.37. The van der Waals surface area contributed by atoms with E-state index in [-0.39, 0.29) is 0 Å². The van der Waals surface area contributed by atoms with Gasteiger partial charge < -0.3 is 8.76 Å². The molecule has 0 atom stereocenters. The molecule has 0 aliphatic carbocycles. The number of hydrogen-bond donors (Lipinski definition) is 1. The van der Waals surface area contributed by atoms with E-state index in [1.165, 1.54) is 0 Å². The third kappa shape index (κ3) is 10.5. The lowest BCUT2D eigenvalue weighted by Gasteiger charge is -1.69. The Morgan fingerprint density at radius 2 is 1.10 bits per heavy atom. The summed E-state index contributed by atoms with van der Waals surface area (Å²) < 4.78 is 16.3. The minimum Gasteiger partial charge on any atom is -0.459 e. The number of rotatable bonds is 0. The minimum absolute atomic E-state index is 2.00. The highest BCUT2D eigenvalue weighted by atomic mass is 32.8. The summed E-state index contributed by atoms with van der Waals surface area (Å²) in [5, 5.41) is 0. The van der Waals surface area contributed by atoms with Crippen molar-refractivity contribution < 1.29 is 8.76 Å². The highest BCUT2D eigenvalue weighted by molar-refractivity contribution is 8.18. The van der Waals surface area contributed by atoms with Crippen molar-refractivity contribution in [2.24, 2.45) is 0 Å². The van der Waals surface area contributed by atoms with E-state index >= 15 is 0 Å². The van der Waals surface area contributed by atoms with Gasteiger partial charge in [0, 0.05) is 0 Å². The van der Waals surface area contributed by atoms with E-state index in [2.05, 4.69) is 11.2 Å². The lowest BCUT2D eigenvalue weighted by molar-refractivity contribution is 0.536. The summed E-state index contributed by atoms with van der Waals surface area (Å²) in [6.07, 6.45) is 0. The van der Waals surface area contributed by atoms with Crippen LogP contribution in [0.1, 0.15) is 0 Å². The van der Waals surface area contributed by atoms with Gasteiger partial charge in [0.15, 0.2) is 0 Å². The molecule has 0 spiro atoms. The van der Waals surface area contributed by atoms with Crippen molar-refractivity contribution in [3.8, 4) is 0 Å². The van der Waals surface area contributed by atoms with Crippen molar-refractivity contribution in [3.05, 3.63) is 36.4 Å². The lowest BCUT2D eigenvalue weighted by Crippen LogP contribution is -1.51. The molecule has 0 radical (unpaired) electrons. The minimum atomic E-state index is -2.03. The van der Waals surface area contributed by atoms with Gasteiger partial charge in [-0.15, -0.1) is 0 Å². The van der Waals surface area contributed by atoms with Crippen LogP contribution < -0.4 is 0 Å². The maximum atomic E-state index is 8.93. The summed E-state index contributed by atoms with van der Waals surface area (Å²) in [4.78, 5) is 0. The second kappa shape index (κ2) is 6.67. The molecule has 0 amide bonds. The molecule has 1 aromatic carbocycles. The van der Waals surface area contributed by atoms with E-state index in [0.29, 0.717) is 0 Å². The molecule has 0 saturated heterocycles. The Labute approximate surface area is 66.4 Å². The summed E-state index contributed by atoms with van der Waals surface area (Å²) in [5.74, 6) is 0. The molecule has 0 saturated carbocycles. The Balaban J connectivity index is 0.000000180. The van der Waals surface area contributed by atoms with Crippen molar-refractivity contribution in [3.63, 3.8) is 0 Å². The summed E-state index contributed by atoms with van der Waals surface area (Å²) >= 11 is 3.65. The fourth-order valence-corrected chi connectivity index (χ4v) is 0.385. The van der Waals surface area contributed by atoms with Gasteiger partial charge in [0.25, 0.3) is 0 Å². The summed E-state index contributed by atoms with van der Waals surface area (Å²) in [5.41, 5.74) is 0. The predicted octanol–water partition coefficient (Wildman–Crippen LogP) is 1.57. The molecule has 0 aliphatic rings. The van der Waals surface area contributed by atoms with Crippen molar-refractivity contribution in [1.29, 1.82) is 0 Å². The summed E-state index contributed by atoms with van der Waals surface area (Å²) in [6.45, 7) is 0. The molecule has 56 valence electrons. The molecule has 0 unspecified atom stereocenters. The zero-order chi connectivity index (χ0) is 7.82. The van der Waals surface area contributed by atoms with Crippen LogP contribution in [0.3, 0.4) is 0 Å². The Bertz CT molecular complexity index is 184. The van der Waals surface area contributed by atoms with Crippen molar-refractivity contribution in [1.82, 2.24) is 0 Å². The second-order valence-electron chi connectivity index (χ2n) is 1.37. The molecule has 1 N–H and O–H groups in total. The van der Waals surface area contributed by atoms with E-state index in [1.807, 2.05) is 36.4 Å². The van der Waals surface area contributed by atoms with Crippen LogP contribution in [-0.4, -0.2) is 4.55 Å². The third-order valence-electron chi connectivity index (χ3n) is 0.667. The maximum Gasteiger partial charge on any atom is -0.0623 e. The van der Waals surface area contributed by atoms with Gasteiger partial charge in [-0.1, -0.05) is 46.0 Å². The summed E-state index contributed by atoms with van der Waals surface area (Å²) in [7, 11) is -2.03. The molecule has 0 heterocycles. The molecule has 0 bridgehead atoms. The monoisotopic (exact) mass is 175 g/mol. The van der Waals surface area contributed by atoms with Crippen LogP contribution in [0.25, 0.3) is 0 Å². The quantitative estimate of drug-likeness (QED) is 0.480. The van der Waals surface area contributed by atoms with Gasteiger partial charge in [-0.25, -0.2) is 11.2 Å². The largest absolute Gasteiger partial charge is 0.459 e. The molecule has 0 aromatic heterocycles. The zero-order valence-electron chi connectivity index (χ0n) is 5.14. The predicted molar refractivity (Wildman–Crippen MR) is 44.5 cm³/mol. The fourth-order valence-electron chi connectivity index (χ4n) is 0.385. The molecule has 0 fully saturated rings. The Morgan fingerprint density at radius 1 is 1.00 bits per heavy atom. The van der Waals surface area contributed by atoms with E-state index in [1.54, 1.807) is 0 Å².